The Morgan fingerprint density at radius 2 is 1.72 bits per heavy atom. The van der Waals surface area contributed by atoms with Crippen molar-refractivity contribution in [1.29, 1.82) is 0 Å². The molecule has 0 saturated carbocycles. The van der Waals surface area contributed by atoms with Gasteiger partial charge in [-0.2, -0.15) is 0 Å². The number of hydrogen-bond donors (Lipinski definition) is 1. The topological polar surface area (TPSA) is 63.2 Å². The van der Waals surface area contributed by atoms with E-state index in [0.29, 0.717) is 0 Å². The van der Waals surface area contributed by atoms with Crippen LogP contribution in [-0.4, -0.2) is 14.3 Å². The van der Waals surface area contributed by atoms with Crippen LogP contribution < -0.4 is 5.32 Å². The number of rotatable bonds is 4. The maximum atomic E-state index is 11.1. The molecule has 0 spiro atoms. The van der Waals surface area contributed by atoms with Gasteiger partial charge in [0.15, 0.2) is 0 Å². The van der Waals surface area contributed by atoms with Gasteiger partial charge in [0.1, 0.15) is 0 Å². The lowest BCUT2D eigenvalue weighted by Crippen LogP contribution is -2.29. The highest BCUT2D eigenvalue weighted by molar-refractivity contribution is 8.13. The minimum atomic E-state index is -3.70. The molecule has 1 aromatic carbocycles. The molecule has 0 aliphatic rings. The van der Waals surface area contributed by atoms with Crippen molar-refractivity contribution < 1.29 is 13.2 Å². The Morgan fingerprint density at radius 3 is 2.06 bits per heavy atom. The Balaban J connectivity index is 3.05. The molecular formula is C12H16ClNO3S. The summed E-state index contributed by atoms with van der Waals surface area (Å²) < 4.78 is 22.2. The van der Waals surface area contributed by atoms with E-state index < -0.39 is 9.05 Å². The van der Waals surface area contributed by atoms with E-state index in [4.69, 9.17) is 10.7 Å². The molecule has 0 aliphatic heterocycles. The third kappa shape index (κ3) is 3.99. The zero-order valence-corrected chi connectivity index (χ0v) is 12.0. The lowest BCUT2D eigenvalue weighted by atomic mass is 9.96. The standard InChI is InChI=1S/C12H16ClNO3S/c1-8(2)12(14-9(3)15)10-4-6-11(7-5-10)18(13,16)17/h4-8,12H,1-3H3,(H,14,15)/t12-/m1/s1. The summed E-state index contributed by atoms with van der Waals surface area (Å²) in [7, 11) is 1.54. The number of carbonyl (C=O) groups is 1. The van der Waals surface area contributed by atoms with Crippen LogP contribution in [0.25, 0.3) is 0 Å². The summed E-state index contributed by atoms with van der Waals surface area (Å²) in [5.74, 6) is 0.0788. The van der Waals surface area contributed by atoms with Crippen molar-refractivity contribution in [3.63, 3.8) is 0 Å². The predicted molar refractivity (Wildman–Crippen MR) is 70.9 cm³/mol. The van der Waals surface area contributed by atoms with E-state index in [1.54, 1.807) is 12.1 Å². The van der Waals surface area contributed by atoms with Crippen molar-refractivity contribution in [2.24, 2.45) is 5.92 Å². The fraction of sp³-hybridized carbons (Fsp3) is 0.417. The molecule has 0 unspecified atom stereocenters. The molecule has 1 N–H and O–H groups in total. The van der Waals surface area contributed by atoms with Gasteiger partial charge in [-0.25, -0.2) is 8.42 Å². The van der Waals surface area contributed by atoms with Crippen molar-refractivity contribution in [1.82, 2.24) is 5.32 Å². The van der Waals surface area contributed by atoms with E-state index in [-0.39, 0.29) is 22.8 Å². The molecule has 1 rings (SSSR count). The normalized spacial score (nSPS) is 13.4. The predicted octanol–water partition coefficient (Wildman–Crippen LogP) is 2.45. The first-order valence-electron chi connectivity index (χ1n) is 5.53. The number of carbonyl (C=O) groups excluding carboxylic acids is 1. The van der Waals surface area contributed by atoms with Crippen LogP contribution in [0.15, 0.2) is 29.2 Å². The first-order valence-corrected chi connectivity index (χ1v) is 7.84. The highest BCUT2D eigenvalue weighted by Gasteiger charge is 2.17. The quantitative estimate of drug-likeness (QED) is 0.866. The zero-order chi connectivity index (χ0) is 13.9. The molecular weight excluding hydrogens is 274 g/mol. The summed E-state index contributed by atoms with van der Waals surface area (Å²) in [6.45, 7) is 5.41. The molecule has 0 heterocycles. The Bertz CT molecular complexity index is 523. The second-order valence-electron chi connectivity index (χ2n) is 4.43. The summed E-state index contributed by atoms with van der Waals surface area (Å²) in [6, 6.07) is 6.06. The fourth-order valence-electron chi connectivity index (χ4n) is 1.69. The van der Waals surface area contributed by atoms with E-state index >= 15 is 0 Å². The van der Waals surface area contributed by atoms with Crippen LogP contribution in [0, 0.1) is 5.92 Å². The SMILES string of the molecule is CC(=O)N[C@@H](c1ccc(S(=O)(=O)Cl)cc1)C(C)C. The van der Waals surface area contributed by atoms with Gasteiger partial charge >= 0.3 is 0 Å². The minimum absolute atomic E-state index is 0.0539. The fourth-order valence-corrected chi connectivity index (χ4v) is 2.46. The summed E-state index contributed by atoms with van der Waals surface area (Å²) in [4.78, 5) is 11.2. The average molecular weight is 290 g/mol. The van der Waals surface area contributed by atoms with E-state index in [1.807, 2.05) is 13.8 Å². The van der Waals surface area contributed by atoms with Gasteiger partial charge in [-0.15, -0.1) is 0 Å². The molecule has 100 valence electrons. The lowest BCUT2D eigenvalue weighted by molar-refractivity contribution is -0.120. The highest BCUT2D eigenvalue weighted by atomic mass is 35.7. The van der Waals surface area contributed by atoms with Crippen LogP contribution in [-0.2, 0) is 13.8 Å². The van der Waals surface area contributed by atoms with Crippen molar-refractivity contribution in [2.45, 2.75) is 31.7 Å². The van der Waals surface area contributed by atoms with E-state index in [9.17, 15) is 13.2 Å². The van der Waals surface area contributed by atoms with Crippen molar-refractivity contribution >= 4 is 25.6 Å². The molecule has 0 radical (unpaired) electrons. The summed E-state index contributed by atoms with van der Waals surface area (Å²) >= 11 is 0. The first kappa shape index (κ1) is 15.0. The molecule has 0 saturated heterocycles. The van der Waals surface area contributed by atoms with Crippen LogP contribution in [0.3, 0.4) is 0 Å². The van der Waals surface area contributed by atoms with Crippen molar-refractivity contribution in [3.05, 3.63) is 29.8 Å². The first-order chi connectivity index (χ1) is 8.21. The summed E-state index contributed by atoms with van der Waals surface area (Å²) in [6.07, 6.45) is 0. The Kier molecular flexibility index (Phi) is 4.76. The molecule has 0 bridgehead atoms. The second kappa shape index (κ2) is 5.71. The number of benzene rings is 1. The van der Waals surface area contributed by atoms with Gasteiger partial charge in [-0.05, 0) is 23.6 Å². The molecule has 0 fully saturated rings. The van der Waals surface area contributed by atoms with Gasteiger partial charge < -0.3 is 5.32 Å². The third-order valence-electron chi connectivity index (χ3n) is 2.55. The van der Waals surface area contributed by atoms with Gasteiger partial charge in [-0.3, -0.25) is 4.79 Å². The summed E-state index contributed by atoms with van der Waals surface area (Å²) in [5.41, 5.74) is 0.851. The summed E-state index contributed by atoms with van der Waals surface area (Å²) in [5, 5.41) is 2.83. The van der Waals surface area contributed by atoms with Crippen LogP contribution in [0.5, 0.6) is 0 Å². The van der Waals surface area contributed by atoms with Crippen LogP contribution in [0.1, 0.15) is 32.4 Å². The molecule has 0 aliphatic carbocycles. The molecule has 18 heavy (non-hydrogen) atoms. The molecule has 1 atom stereocenters. The Hall–Kier alpha value is -1.07. The zero-order valence-electron chi connectivity index (χ0n) is 10.5. The van der Waals surface area contributed by atoms with Crippen LogP contribution in [0.2, 0.25) is 0 Å². The minimum Gasteiger partial charge on any atom is -0.349 e. The van der Waals surface area contributed by atoms with Gasteiger partial charge in [0.25, 0.3) is 9.05 Å². The number of hydrogen-bond acceptors (Lipinski definition) is 3. The molecule has 0 aromatic heterocycles. The highest BCUT2D eigenvalue weighted by Crippen LogP contribution is 2.24. The monoisotopic (exact) mass is 289 g/mol. The van der Waals surface area contributed by atoms with Crippen LogP contribution >= 0.6 is 10.7 Å². The Morgan fingerprint density at radius 1 is 1.22 bits per heavy atom. The van der Waals surface area contributed by atoms with E-state index in [0.717, 1.165) is 5.56 Å². The van der Waals surface area contributed by atoms with E-state index in [2.05, 4.69) is 5.32 Å². The maximum Gasteiger partial charge on any atom is 0.261 e. The number of halogens is 1. The van der Waals surface area contributed by atoms with Gasteiger partial charge in [0.2, 0.25) is 5.91 Å². The maximum absolute atomic E-state index is 11.1. The lowest BCUT2D eigenvalue weighted by Gasteiger charge is -2.22. The van der Waals surface area contributed by atoms with Gasteiger partial charge in [0, 0.05) is 17.6 Å². The van der Waals surface area contributed by atoms with Crippen molar-refractivity contribution in [2.75, 3.05) is 0 Å². The average Bonchev–Trinajstić information content (AvgIpc) is 2.24. The largest absolute Gasteiger partial charge is 0.349 e. The van der Waals surface area contributed by atoms with E-state index in [1.165, 1.54) is 19.1 Å². The molecule has 6 heteroatoms. The molecule has 4 nitrogen and oxygen atoms in total. The van der Waals surface area contributed by atoms with Gasteiger partial charge in [-0.1, -0.05) is 26.0 Å². The second-order valence-corrected chi connectivity index (χ2v) is 7.00. The number of amides is 1. The molecule has 1 amide bonds. The Labute approximate surface area is 112 Å². The third-order valence-corrected chi connectivity index (χ3v) is 3.92. The van der Waals surface area contributed by atoms with Crippen LogP contribution in [0.4, 0.5) is 0 Å². The number of nitrogens with one attached hydrogen (secondary N) is 1. The molecule has 1 aromatic rings. The van der Waals surface area contributed by atoms with Crippen molar-refractivity contribution in [3.8, 4) is 0 Å². The smallest absolute Gasteiger partial charge is 0.261 e. The van der Waals surface area contributed by atoms with Gasteiger partial charge in [0.05, 0.1) is 10.9 Å².